The zero-order chi connectivity index (χ0) is 11.7. The van der Waals surface area contributed by atoms with E-state index >= 15 is 0 Å². The van der Waals surface area contributed by atoms with E-state index in [4.69, 9.17) is 5.73 Å². The Morgan fingerprint density at radius 2 is 1.76 bits per heavy atom. The summed E-state index contributed by atoms with van der Waals surface area (Å²) in [5.41, 5.74) is 6.58. The van der Waals surface area contributed by atoms with Crippen molar-refractivity contribution in [2.24, 2.45) is 17.1 Å². The summed E-state index contributed by atoms with van der Waals surface area (Å²) < 4.78 is 0. The molecule has 0 aromatic rings. The molecule has 2 aliphatic carbocycles. The van der Waals surface area contributed by atoms with Crippen LogP contribution in [-0.2, 0) is 0 Å². The summed E-state index contributed by atoms with van der Waals surface area (Å²) in [7, 11) is 0. The monoisotopic (exact) mass is 236 g/mol. The molecule has 1 heterocycles. The Morgan fingerprint density at radius 1 is 1.00 bits per heavy atom. The van der Waals surface area contributed by atoms with Gasteiger partial charge in [0.05, 0.1) is 0 Å². The molecule has 0 aromatic carbocycles. The highest BCUT2D eigenvalue weighted by Gasteiger charge is 2.41. The fraction of sp³-hybridized carbons (Fsp3) is 1.00. The maximum absolute atomic E-state index is 6.09. The zero-order valence-electron chi connectivity index (χ0n) is 11.2. The third-order valence-electron chi connectivity index (χ3n) is 5.76. The molecule has 1 aliphatic heterocycles. The van der Waals surface area contributed by atoms with E-state index in [1.54, 1.807) is 0 Å². The molecule has 2 atom stereocenters. The molecule has 0 aromatic heterocycles. The molecule has 0 spiro atoms. The first-order valence-electron chi connectivity index (χ1n) is 7.77. The summed E-state index contributed by atoms with van der Waals surface area (Å²) in [6, 6.07) is 0.924. The normalized spacial score (nSPS) is 37.2. The minimum atomic E-state index is 0.492. The van der Waals surface area contributed by atoms with Gasteiger partial charge in [-0.25, -0.2) is 0 Å². The van der Waals surface area contributed by atoms with Crippen LogP contribution in [0.2, 0.25) is 0 Å². The number of hydrogen-bond acceptors (Lipinski definition) is 2. The largest absolute Gasteiger partial charge is 0.330 e. The molecule has 3 rings (SSSR count). The zero-order valence-corrected chi connectivity index (χ0v) is 11.2. The van der Waals surface area contributed by atoms with Crippen molar-refractivity contribution >= 4 is 0 Å². The topological polar surface area (TPSA) is 29.3 Å². The Morgan fingerprint density at radius 3 is 2.53 bits per heavy atom. The molecule has 0 bridgehead atoms. The third kappa shape index (κ3) is 2.26. The van der Waals surface area contributed by atoms with Crippen molar-refractivity contribution in [3.8, 4) is 0 Å². The maximum Gasteiger partial charge on any atom is 0.0124 e. The molecule has 2 unspecified atom stereocenters. The number of hydrogen-bond donors (Lipinski definition) is 1. The number of fused-ring (bicyclic) bond motifs is 1. The average Bonchev–Trinajstić information content (AvgIpc) is 2.99. The van der Waals surface area contributed by atoms with Crippen molar-refractivity contribution in [2.45, 2.75) is 63.8 Å². The lowest BCUT2D eigenvalue weighted by Crippen LogP contribution is -2.44. The summed E-state index contributed by atoms with van der Waals surface area (Å²) in [5.74, 6) is 1.03. The first kappa shape index (κ1) is 12.0. The van der Waals surface area contributed by atoms with Gasteiger partial charge in [-0.1, -0.05) is 25.7 Å². The predicted molar refractivity (Wildman–Crippen MR) is 71.9 cm³/mol. The van der Waals surface area contributed by atoms with Crippen molar-refractivity contribution in [1.82, 2.24) is 4.90 Å². The van der Waals surface area contributed by atoms with E-state index < -0.39 is 0 Å². The molecule has 2 N–H and O–H groups in total. The first-order chi connectivity index (χ1) is 8.33. The van der Waals surface area contributed by atoms with Gasteiger partial charge in [0.25, 0.3) is 0 Å². The van der Waals surface area contributed by atoms with E-state index in [0.717, 1.165) is 18.5 Å². The summed E-state index contributed by atoms with van der Waals surface area (Å²) in [4.78, 5) is 2.82. The summed E-state index contributed by atoms with van der Waals surface area (Å²) in [6.07, 6.45) is 13.0. The minimum absolute atomic E-state index is 0.492. The third-order valence-corrected chi connectivity index (χ3v) is 5.76. The Balaban J connectivity index is 1.64. The highest BCUT2D eigenvalue weighted by atomic mass is 15.2. The molecule has 98 valence electrons. The van der Waals surface area contributed by atoms with E-state index in [2.05, 4.69) is 4.90 Å². The van der Waals surface area contributed by atoms with E-state index in [9.17, 15) is 0 Å². The number of likely N-dealkylation sites (tertiary alicyclic amines) is 1. The van der Waals surface area contributed by atoms with E-state index in [1.165, 1.54) is 70.9 Å². The van der Waals surface area contributed by atoms with E-state index in [0.29, 0.717) is 5.41 Å². The number of rotatable bonds is 3. The fourth-order valence-corrected chi connectivity index (χ4v) is 4.68. The lowest BCUT2D eigenvalue weighted by molar-refractivity contribution is 0.116. The lowest BCUT2D eigenvalue weighted by atomic mass is 9.82. The van der Waals surface area contributed by atoms with Crippen molar-refractivity contribution in [3.63, 3.8) is 0 Å². The molecule has 2 saturated carbocycles. The second kappa shape index (κ2) is 4.89. The first-order valence-corrected chi connectivity index (χ1v) is 7.77. The van der Waals surface area contributed by atoms with Gasteiger partial charge in [0.1, 0.15) is 0 Å². The highest BCUT2D eigenvalue weighted by Crippen LogP contribution is 2.42. The summed E-state index contributed by atoms with van der Waals surface area (Å²) in [5, 5.41) is 0. The number of nitrogens with zero attached hydrogens (tertiary/aromatic N) is 1. The SMILES string of the molecule is NCC1(CN2CCC3CCCCC32)CCCC1. The highest BCUT2D eigenvalue weighted by molar-refractivity contribution is 4.95. The van der Waals surface area contributed by atoms with Crippen molar-refractivity contribution in [3.05, 3.63) is 0 Å². The van der Waals surface area contributed by atoms with Gasteiger partial charge in [-0.2, -0.15) is 0 Å². The van der Waals surface area contributed by atoms with Gasteiger partial charge >= 0.3 is 0 Å². The van der Waals surface area contributed by atoms with Gasteiger partial charge in [-0.3, -0.25) is 4.90 Å². The molecule has 17 heavy (non-hydrogen) atoms. The summed E-state index contributed by atoms with van der Waals surface area (Å²) in [6.45, 7) is 3.59. The molecule has 3 fully saturated rings. The quantitative estimate of drug-likeness (QED) is 0.816. The van der Waals surface area contributed by atoms with Crippen molar-refractivity contribution in [2.75, 3.05) is 19.6 Å². The summed E-state index contributed by atoms with van der Waals surface area (Å²) >= 11 is 0. The van der Waals surface area contributed by atoms with Gasteiger partial charge in [0.2, 0.25) is 0 Å². The van der Waals surface area contributed by atoms with E-state index in [1.807, 2.05) is 0 Å². The van der Waals surface area contributed by atoms with Crippen LogP contribution in [0.5, 0.6) is 0 Å². The second-order valence-corrected chi connectivity index (χ2v) is 6.78. The average molecular weight is 236 g/mol. The van der Waals surface area contributed by atoms with Gasteiger partial charge in [0.15, 0.2) is 0 Å². The van der Waals surface area contributed by atoms with Crippen LogP contribution in [0, 0.1) is 11.3 Å². The second-order valence-electron chi connectivity index (χ2n) is 6.78. The Labute approximate surface area is 106 Å². The smallest absolute Gasteiger partial charge is 0.0124 e. The van der Waals surface area contributed by atoms with Crippen molar-refractivity contribution in [1.29, 1.82) is 0 Å². The minimum Gasteiger partial charge on any atom is -0.330 e. The van der Waals surface area contributed by atoms with Gasteiger partial charge < -0.3 is 5.73 Å². The molecule has 1 saturated heterocycles. The lowest BCUT2D eigenvalue weighted by Gasteiger charge is -2.38. The fourth-order valence-electron chi connectivity index (χ4n) is 4.68. The van der Waals surface area contributed by atoms with Crippen LogP contribution in [0.4, 0.5) is 0 Å². The Hall–Kier alpha value is -0.0800. The van der Waals surface area contributed by atoms with Crippen LogP contribution < -0.4 is 5.73 Å². The van der Waals surface area contributed by atoms with Crippen LogP contribution in [0.25, 0.3) is 0 Å². The number of nitrogens with two attached hydrogens (primary N) is 1. The molecule has 3 aliphatic rings. The van der Waals surface area contributed by atoms with Gasteiger partial charge in [0, 0.05) is 12.6 Å². The maximum atomic E-state index is 6.09. The standard InChI is InChI=1S/C15H28N2/c16-11-15(8-3-4-9-15)12-17-10-7-13-5-1-2-6-14(13)17/h13-14H,1-12,16H2. The van der Waals surface area contributed by atoms with Crippen LogP contribution >= 0.6 is 0 Å². The van der Waals surface area contributed by atoms with Gasteiger partial charge in [-0.15, -0.1) is 0 Å². The van der Waals surface area contributed by atoms with Crippen LogP contribution in [-0.4, -0.2) is 30.6 Å². The van der Waals surface area contributed by atoms with E-state index in [-0.39, 0.29) is 0 Å². The Bertz CT molecular complexity index is 258. The molecular formula is C15H28N2. The molecule has 2 heteroatoms. The molecule has 2 nitrogen and oxygen atoms in total. The van der Waals surface area contributed by atoms with Crippen LogP contribution in [0.15, 0.2) is 0 Å². The molecular weight excluding hydrogens is 208 g/mol. The van der Waals surface area contributed by atoms with Crippen molar-refractivity contribution < 1.29 is 0 Å². The van der Waals surface area contributed by atoms with Crippen LogP contribution in [0.1, 0.15) is 57.8 Å². The molecule has 0 radical (unpaired) electrons. The van der Waals surface area contributed by atoms with Gasteiger partial charge in [-0.05, 0) is 56.5 Å². The molecule has 0 amide bonds. The Kier molecular flexibility index (Phi) is 3.45. The van der Waals surface area contributed by atoms with Crippen LogP contribution in [0.3, 0.4) is 0 Å². The predicted octanol–water partition coefficient (Wildman–Crippen LogP) is 2.77.